The molecule has 2 aromatic rings. The molecule has 0 aromatic carbocycles. The number of hydrogen-bond acceptors (Lipinski definition) is 4. The van der Waals surface area contributed by atoms with E-state index < -0.39 is 5.97 Å². The summed E-state index contributed by atoms with van der Waals surface area (Å²) in [5.41, 5.74) is 1.01. The van der Waals surface area contributed by atoms with E-state index >= 15 is 0 Å². The van der Waals surface area contributed by atoms with Gasteiger partial charge in [-0.25, -0.2) is 9.78 Å². The quantitative estimate of drug-likeness (QED) is 0.756. The molecule has 0 aliphatic rings. The summed E-state index contributed by atoms with van der Waals surface area (Å²) < 4.78 is 1.45. The highest BCUT2D eigenvalue weighted by molar-refractivity contribution is 5.88. The van der Waals surface area contributed by atoms with E-state index in [1.807, 2.05) is 0 Å². The highest BCUT2D eigenvalue weighted by Gasteiger charge is 2.11. The van der Waals surface area contributed by atoms with Crippen molar-refractivity contribution in [3.05, 3.63) is 34.5 Å². The minimum absolute atomic E-state index is 0.130. The highest BCUT2D eigenvalue weighted by atomic mass is 16.4. The molecule has 6 nitrogen and oxygen atoms in total. The molecular weight excluding hydrogens is 198 g/mol. The summed E-state index contributed by atoms with van der Waals surface area (Å²) in [6, 6.07) is 2.79. The first-order valence-corrected chi connectivity index (χ1v) is 4.19. The van der Waals surface area contributed by atoms with Gasteiger partial charge in [0, 0.05) is 6.20 Å². The Bertz CT molecular complexity index is 559. The van der Waals surface area contributed by atoms with Crippen molar-refractivity contribution < 1.29 is 9.90 Å². The highest BCUT2D eigenvalue weighted by Crippen LogP contribution is 2.20. The third kappa shape index (κ3) is 1.35. The molecular formula is C9H7N3O3. The van der Waals surface area contributed by atoms with Gasteiger partial charge >= 0.3 is 5.97 Å². The van der Waals surface area contributed by atoms with Crippen LogP contribution in [0.4, 0.5) is 5.82 Å². The minimum atomic E-state index is -1.03. The number of nitrogens with zero attached hydrogens (tertiary/aromatic N) is 3. The fraction of sp³-hybridized carbons (Fsp3) is 0.111. The van der Waals surface area contributed by atoms with Crippen molar-refractivity contribution in [2.45, 2.75) is 6.92 Å². The second-order valence-electron chi connectivity index (χ2n) is 3.06. The molecule has 0 aliphatic heterocycles. The van der Waals surface area contributed by atoms with Crippen LogP contribution in [0.3, 0.4) is 0 Å². The number of carboxylic acids is 1. The fourth-order valence-electron chi connectivity index (χ4n) is 1.39. The molecule has 2 heterocycles. The molecule has 0 unspecified atom stereocenters. The van der Waals surface area contributed by atoms with E-state index in [1.165, 1.54) is 22.7 Å². The van der Waals surface area contributed by atoms with Crippen molar-refractivity contribution >= 4 is 17.4 Å². The van der Waals surface area contributed by atoms with Gasteiger partial charge in [-0.3, -0.25) is 4.40 Å². The SMILES string of the molecule is Cc1nc2cc(C(=O)O)ccn2c1N=O. The second-order valence-corrected chi connectivity index (χ2v) is 3.06. The van der Waals surface area contributed by atoms with Crippen LogP contribution in [0.25, 0.3) is 5.65 Å². The van der Waals surface area contributed by atoms with Crippen LogP contribution in [0.5, 0.6) is 0 Å². The van der Waals surface area contributed by atoms with Crippen molar-refractivity contribution in [2.24, 2.45) is 5.18 Å². The van der Waals surface area contributed by atoms with Crippen LogP contribution in [0, 0.1) is 11.8 Å². The van der Waals surface area contributed by atoms with Crippen molar-refractivity contribution in [1.29, 1.82) is 0 Å². The number of carbonyl (C=O) groups is 1. The smallest absolute Gasteiger partial charge is 0.335 e. The molecule has 0 fully saturated rings. The molecule has 0 atom stereocenters. The molecule has 0 bridgehead atoms. The van der Waals surface area contributed by atoms with Crippen LogP contribution in [0.1, 0.15) is 16.1 Å². The summed E-state index contributed by atoms with van der Waals surface area (Å²) in [5.74, 6) is -0.833. The molecule has 0 amide bonds. The Balaban J connectivity index is 2.75. The van der Waals surface area contributed by atoms with E-state index in [4.69, 9.17) is 5.11 Å². The maximum atomic E-state index is 10.7. The topological polar surface area (TPSA) is 84.0 Å². The first kappa shape index (κ1) is 9.32. The number of hydrogen-bond donors (Lipinski definition) is 1. The lowest BCUT2D eigenvalue weighted by Gasteiger charge is -1.96. The van der Waals surface area contributed by atoms with Gasteiger partial charge in [-0.15, -0.1) is 4.91 Å². The van der Waals surface area contributed by atoms with E-state index in [1.54, 1.807) is 6.92 Å². The molecule has 2 aromatic heterocycles. The number of carboxylic acid groups (broad SMARTS) is 1. The number of fused-ring (bicyclic) bond motifs is 1. The standard InChI is InChI=1S/C9H7N3O3/c1-5-8(11-15)12-3-2-6(9(13)14)4-7(12)10-5/h2-4H,1H3,(H,13,14). The minimum Gasteiger partial charge on any atom is -0.478 e. The molecule has 6 heteroatoms. The molecule has 0 saturated heterocycles. The van der Waals surface area contributed by atoms with Crippen molar-refractivity contribution in [2.75, 3.05) is 0 Å². The molecule has 2 rings (SSSR count). The molecule has 76 valence electrons. The lowest BCUT2D eigenvalue weighted by Crippen LogP contribution is -1.97. The van der Waals surface area contributed by atoms with Crippen LogP contribution in [-0.4, -0.2) is 20.5 Å². The molecule has 0 saturated carbocycles. The Labute approximate surface area is 84.1 Å². The van der Waals surface area contributed by atoms with Crippen molar-refractivity contribution in [3.8, 4) is 0 Å². The van der Waals surface area contributed by atoms with Crippen LogP contribution < -0.4 is 0 Å². The number of aromatic nitrogens is 2. The molecule has 0 aliphatic carbocycles. The third-order valence-corrected chi connectivity index (χ3v) is 2.10. The van der Waals surface area contributed by atoms with Gasteiger partial charge in [0.15, 0.2) is 0 Å². The third-order valence-electron chi connectivity index (χ3n) is 2.10. The maximum absolute atomic E-state index is 10.7. The Morgan fingerprint density at radius 3 is 2.93 bits per heavy atom. The van der Waals surface area contributed by atoms with Crippen LogP contribution in [0.15, 0.2) is 23.5 Å². The predicted molar refractivity (Wildman–Crippen MR) is 52.3 cm³/mol. The average Bonchev–Trinajstić information content (AvgIpc) is 2.51. The number of aromatic carboxylic acids is 1. The monoisotopic (exact) mass is 205 g/mol. The number of aryl methyl sites for hydroxylation is 1. The Morgan fingerprint density at radius 2 is 2.33 bits per heavy atom. The molecule has 15 heavy (non-hydrogen) atoms. The van der Waals surface area contributed by atoms with Crippen molar-refractivity contribution in [1.82, 2.24) is 9.38 Å². The maximum Gasteiger partial charge on any atom is 0.335 e. The van der Waals surface area contributed by atoms with E-state index in [0.717, 1.165) is 0 Å². The van der Waals surface area contributed by atoms with Crippen LogP contribution in [0.2, 0.25) is 0 Å². The molecule has 0 radical (unpaired) electrons. The summed E-state index contributed by atoms with van der Waals surface area (Å²) in [7, 11) is 0. The predicted octanol–water partition coefficient (Wildman–Crippen LogP) is 1.74. The Hall–Kier alpha value is -2.24. The van der Waals surface area contributed by atoms with Gasteiger partial charge in [0.1, 0.15) is 5.65 Å². The number of pyridine rings is 1. The van der Waals surface area contributed by atoms with Gasteiger partial charge in [-0.1, -0.05) is 0 Å². The van der Waals surface area contributed by atoms with Crippen molar-refractivity contribution in [3.63, 3.8) is 0 Å². The average molecular weight is 205 g/mol. The fourth-order valence-corrected chi connectivity index (χ4v) is 1.39. The van der Waals surface area contributed by atoms with E-state index in [2.05, 4.69) is 10.2 Å². The zero-order valence-electron chi connectivity index (χ0n) is 7.84. The zero-order valence-corrected chi connectivity index (χ0v) is 7.84. The summed E-state index contributed by atoms with van der Waals surface area (Å²) in [6.45, 7) is 1.64. The number of imidazole rings is 1. The normalized spacial score (nSPS) is 10.5. The Morgan fingerprint density at radius 1 is 1.60 bits per heavy atom. The summed E-state index contributed by atoms with van der Waals surface area (Å²) >= 11 is 0. The lowest BCUT2D eigenvalue weighted by molar-refractivity contribution is 0.0697. The largest absolute Gasteiger partial charge is 0.478 e. The van der Waals surface area contributed by atoms with Crippen LogP contribution >= 0.6 is 0 Å². The first-order valence-electron chi connectivity index (χ1n) is 4.19. The number of rotatable bonds is 2. The van der Waals surface area contributed by atoms with E-state index in [0.29, 0.717) is 11.3 Å². The van der Waals surface area contributed by atoms with Crippen LogP contribution in [-0.2, 0) is 0 Å². The first-order chi connectivity index (χ1) is 7.13. The summed E-state index contributed by atoms with van der Waals surface area (Å²) in [4.78, 5) is 25.2. The lowest BCUT2D eigenvalue weighted by atomic mass is 10.3. The van der Waals surface area contributed by atoms with E-state index in [-0.39, 0.29) is 11.4 Å². The molecule has 0 spiro atoms. The number of nitroso groups, excluding NO2 is 1. The summed E-state index contributed by atoms with van der Waals surface area (Å²) in [6.07, 6.45) is 1.47. The second kappa shape index (κ2) is 3.16. The Kier molecular flexibility index (Phi) is 1.96. The van der Waals surface area contributed by atoms with Gasteiger partial charge in [0.25, 0.3) is 0 Å². The zero-order chi connectivity index (χ0) is 11.0. The van der Waals surface area contributed by atoms with Gasteiger partial charge in [-0.2, -0.15) is 0 Å². The van der Waals surface area contributed by atoms with Gasteiger partial charge in [0.2, 0.25) is 5.82 Å². The molecule has 1 N–H and O–H groups in total. The van der Waals surface area contributed by atoms with Gasteiger partial charge < -0.3 is 5.11 Å². The van der Waals surface area contributed by atoms with E-state index in [9.17, 15) is 9.70 Å². The van der Waals surface area contributed by atoms with Gasteiger partial charge in [-0.05, 0) is 24.2 Å². The summed E-state index contributed by atoms with van der Waals surface area (Å²) in [5, 5.41) is 11.6. The van der Waals surface area contributed by atoms with Gasteiger partial charge in [0.05, 0.1) is 11.3 Å².